The predicted octanol–water partition coefficient (Wildman–Crippen LogP) is 1.84. The number of carbonyl (C=O) groups is 2. The molecule has 0 aliphatic rings. The second-order valence-electron chi connectivity index (χ2n) is 3.61. The number of hydrogen-bond donors (Lipinski definition) is 2. The van der Waals surface area contributed by atoms with E-state index in [9.17, 15) is 18.4 Å². The number of aliphatic carboxylic acids is 1. The van der Waals surface area contributed by atoms with Crippen molar-refractivity contribution < 1.29 is 28.2 Å². The molecule has 1 aromatic rings. The van der Waals surface area contributed by atoms with Crippen LogP contribution in [0.25, 0.3) is 0 Å². The number of carbonyl (C=O) groups excluding carboxylic acids is 1. The van der Waals surface area contributed by atoms with E-state index >= 15 is 0 Å². The molecule has 8 heteroatoms. The van der Waals surface area contributed by atoms with Crippen LogP contribution in [0.5, 0.6) is 5.75 Å². The van der Waals surface area contributed by atoms with Crippen LogP contribution in [-0.4, -0.2) is 41.6 Å². The first-order chi connectivity index (χ1) is 9.49. The Balaban J connectivity index is 2.34. The lowest BCUT2D eigenvalue weighted by Gasteiger charge is -2.06. The standard InChI is InChI=1S/C12H13F2NO4S/c13-12(14)19-9-3-1-8(2-4-9)11(18)15-5-6-20-7-10(16)17/h1-4,12H,5-7H2,(H,15,18)(H,16,17). The highest BCUT2D eigenvalue weighted by atomic mass is 32.2. The number of halogens is 2. The molecule has 2 N–H and O–H groups in total. The van der Waals surface area contributed by atoms with Crippen molar-refractivity contribution in [3.63, 3.8) is 0 Å². The van der Waals surface area contributed by atoms with Gasteiger partial charge in [-0.25, -0.2) is 0 Å². The van der Waals surface area contributed by atoms with E-state index in [2.05, 4.69) is 10.1 Å². The van der Waals surface area contributed by atoms with Crippen LogP contribution >= 0.6 is 11.8 Å². The summed E-state index contributed by atoms with van der Waals surface area (Å²) in [5, 5.41) is 11.0. The number of thioether (sulfide) groups is 1. The first-order valence-corrected chi connectivity index (χ1v) is 6.77. The zero-order valence-corrected chi connectivity index (χ0v) is 11.2. The summed E-state index contributed by atoms with van der Waals surface area (Å²) in [5.41, 5.74) is 0.315. The van der Waals surface area contributed by atoms with Crippen molar-refractivity contribution in [1.82, 2.24) is 5.32 Å². The summed E-state index contributed by atoms with van der Waals surface area (Å²) in [4.78, 5) is 21.9. The highest BCUT2D eigenvalue weighted by Gasteiger charge is 2.07. The molecule has 0 saturated heterocycles. The van der Waals surface area contributed by atoms with Gasteiger partial charge >= 0.3 is 12.6 Å². The third-order valence-electron chi connectivity index (χ3n) is 2.10. The van der Waals surface area contributed by atoms with E-state index in [1.54, 1.807) is 0 Å². The van der Waals surface area contributed by atoms with Gasteiger partial charge in [0.15, 0.2) is 0 Å². The third-order valence-corrected chi connectivity index (χ3v) is 3.04. The van der Waals surface area contributed by atoms with E-state index in [1.807, 2.05) is 0 Å². The topological polar surface area (TPSA) is 75.6 Å². The van der Waals surface area contributed by atoms with Gasteiger partial charge in [0.25, 0.3) is 5.91 Å². The second-order valence-corrected chi connectivity index (χ2v) is 4.71. The molecule has 0 atom stereocenters. The predicted molar refractivity (Wildman–Crippen MR) is 70.4 cm³/mol. The fourth-order valence-electron chi connectivity index (χ4n) is 1.29. The van der Waals surface area contributed by atoms with Crippen LogP contribution in [0.2, 0.25) is 0 Å². The Morgan fingerprint density at radius 2 is 1.95 bits per heavy atom. The molecule has 0 unspecified atom stereocenters. The second kappa shape index (κ2) is 8.36. The normalized spacial score (nSPS) is 10.3. The third kappa shape index (κ3) is 6.37. The molecular weight excluding hydrogens is 292 g/mol. The molecule has 0 heterocycles. The van der Waals surface area contributed by atoms with Crippen LogP contribution in [0.15, 0.2) is 24.3 Å². The van der Waals surface area contributed by atoms with Crippen molar-refractivity contribution in [3.8, 4) is 5.75 Å². The zero-order valence-electron chi connectivity index (χ0n) is 10.3. The number of carboxylic acid groups (broad SMARTS) is 1. The van der Waals surface area contributed by atoms with Gasteiger partial charge in [-0.2, -0.15) is 8.78 Å². The van der Waals surface area contributed by atoms with Gasteiger partial charge in [-0.05, 0) is 24.3 Å². The highest BCUT2D eigenvalue weighted by Crippen LogP contribution is 2.14. The number of rotatable bonds is 8. The number of alkyl halides is 2. The van der Waals surface area contributed by atoms with Crippen LogP contribution in [0.3, 0.4) is 0 Å². The van der Waals surface area contributed by atoms with Crippen LogP contribution < -0.4 is 10.1 Å². The largest absolute Gasteiger partial charge is 0.481 e. The number of amides is 1. The van der Waals surface area contributed by atoms with Crippen molar-refractivity contribution in [2.75, 3.05) is 18.1 Å². The number of ether oxygens (including phenoxy) is 1. The molecular formula is C12H13F2NO4S. The molecule has 0 bridgehead atoms. The van der Waals surface area contributed by atoms with E-state index in [0.717, 1.165) is 0 Å². The van der Waals surface area contributed by atoms with Gasteiger partial charge < -0.3 is 15.2 Å². The molecule has 0 aliphatic carbocycles. The Labute approximate surface area is 118 Å². The molecule has 20 heavy (non-hydrogen) atoms. The van der Waals surface area contributed by atoms with Crippen molar-refractivity contribution in [1.29, 1.82) is 0 Å². The minimum absolute atomic E-state index is 0.0183. The van der Waals surface area contributed by atoms with Gasteiger partial charge in [-0.1, -0.05) is 0 Å². The Morgan fingerprint density at radius 3 is 2.50 bits per heavy atom. The molecule has 1 rings (SSSR count). The molecule has 0 fully saturated rings. The SMILES string of the molecule is O=C(O)CSCCNC(=O)c1ccc(OC(F)F)cc1. The Hall–Kier alpha value is -1.83. The summed E-state index contributed by atoms with van der Waals surface area (Å²) in [6, 6.07) is 5.30. The van der Waals surface area contributed by atoms with Gasteiger partial charge in [0.05, 0.1) is 5.75 Å². The van der Waals surface area contributed by atoms with Gasteiger partial charge in [-0.15, -0.1) is 11.8 Å². The first-order valence-electron chi connectivity index (χ1n) is 5.61. The summed E-state index contributed by atoms with van der Waals surface area (Å²) < 4.78 is 28.0. The fourth-order valence-corrected chi connectivity index (χ4v) is 1.85. The molecule has 0 aliphatic heterocycles. The lowest BCUT2D eigenvalue weighted by molar-refractivity contribution is -0.133. The average Bonchev–Trinajstić information content (AvgIpc) is 2.38. The van der Waals surface area contributed by atoms with E-state index in [4.69, 9.17) is 5.11 Å². The van der Waals surface area contributed by atoms with Crippen LogP contribution in [-0.2, 0) is 4.79 Å². The van der Waals surface area contributed by atoms with Gasteiger partial charge in [0, 0.05) is 17.9 Å². The Bertz CT molecular complexity index is 453. The maximum absolute atomic E-state index is 11.9. The smallest absolute Gasteiger partial charge is 0.387 e. The maximum Gasteiger partial charge on any atom is 0.387 e. The molecule has 0 radical (unpaired) electrons. The van der Waals surface area contributed by atoms with E-state index < -0.39 is 12.6 Å². The van der Waals surface area contributed by atoms with Crippen LogP contribution in [0.4, 0.5) is 8.78 Å². The van der Waals surface area contributed by atoms with Crippen LogP contribution in [0.1, 0.15) is 10.4 Å². The lowest BCUT2D eigenvalue weighted by Crippen LogP contribution is -2.25. The zero-order chi connectivity index (χ0) is 15.0. The van der Waals surface area contributed by atoms with E-state index in [1.165, 1.54) is 36.0 Å². The lowest BCUT2D eigenvalue weighted by atomic mass is 10.2. The molecule has 110 valence electrons. The van der Waals surface area contributed by atoms with E-state index in [0.29, 0.717) is 17.9 Å². The summed E-state index contributed by atoms with van der Waals surface area (Å²) in [5.74, 6) is -0.825. The Morgan fingerprint density at radius 1 is 1.30 bits per heavy atom. The summed E-state index contributed by atoms with van der Waals surface area (Å²) in [7, 11) is 0. The number of benzene rings is 1. The first kappa shape index (κ1) is 16.2. The van der Waals surface area contributed by atoms with Crippen molar-refractivity contribution >= 4 is 23.6 Å². The van der Waals surface area contributed by atoms with Gasteiger partial charge in [0.2, 0.25) is 0 Å². The maximum atomic E-state index is 11.9. The van der Waals surface area contributed by atoms with Crippen molar-refractivity contribution in [2.45, 2.75) is 6.61 Å². The number of hydrogen-bond acceptors (Lipinski definition) is 4. The van der Waals surface area contributed by atoms with Gasteiger partial charge in [-0.3, -0.25) is 9.59 Å². The monoisotopic (exact) mass is 305 g/mol. The van der Waals surface area contributed by atoms with Crippen molar-refractivity contribution in [2.24, 2.45) is 0 Å². The van der Waals surface area contributed by atoms with E-state index in [-0.39, 0.29) is 17.4 Å². The van der Waals surface area contributed by atoms with Gasteiger partial charge in [0.1, 0.15) is 5.75 Å². The Kier molecular flexibility index (Phi) is 6.78. The fraction of sp³-hybridized carbons (Fsp3) is 0.333. The summed E-state index contributed by atoms with van der Waals surface area (Å²) >= 11 is 1.19. The number of nitrogens with one attached hydrogen (secondary N) is 1. The molecule has 0 aromatic heterocycles. The molecule has 0 spiro atoms. The highest BCUT2D eigenvalue weighted by molar-refractivity contribution is 7.99. The van der Waals surface area contributed by atoms with Crippen LogP contribution in [0, 0.1) is 0 Å². The minimum atomic E-state index is -2.90. The average molecular weight is 305 g/mol. The van der Waals surface area contributed by atoms with Crippen molar-refractivity contribution in [3.05, 3.63) is 29.8 Å². The quantitative estimate of drug-likeness (QED) is 0.717. The summed E-state index contributed by atoms with van der Waals surface area (Å²) in [6.45, 7) is -2.58. The number of carboxylic acids is 1. The summed E-state index contributed by atoms with van der Waals surface area (Å²) in [6.07, 6.45) is 0. The molecule has 1 aromatic carbocycles. The molecule has 0 saturated carbocycles. The molecule has 1 amide bonds. The minimum Gasteiger partial charge on any atom is -0.481 e. The molecule has 5 nitrogen and oxygen atoms in total.